The van der Waals surface area contributed by atoms with Crippen molar-refractivity contribution < 1.29 is 118 Å². The number of aromatic hydroxyl groups is 2. The fourth-order valence-corrected chi connectivity index (χ4v) is 7.56. The maximum absolute atomic E-state index is 14.2. The second-order valence-corrected chi connectivity index (χ2v) is 15.9. The van der Waals surface area contributed by atoms with Gasteiger partial charge in [-0.25, -0.2) is 4.79 Å². The van der Waals surface area contributed by atoms with Crippen LogP contribution in [-0.2, 0) is 23.7 Å². The summed E-state index contributed by atoms with van der Waals surface area (Å²) in [5.41, 5.74) is -1.11. The fourth-order valence-electron chi connectivity index (χ4n) is 7.56. The van der Waals surface area contributed by atoms with Crippen molar-refractivity contribution in [3.8, 4) is 51.6 Å². The van der Waals surface area contributed by atoms with Crippen molar-refractivity contribution in [2.24, 2.45) is 0 Å². The van der Waals surface area contributed by atoms with Gasteiger partial charge in [-0.1, -0.05) is 0 Å². The third-order valence-corrected chi connectivity index (χ3v) is 11.4. The van der Waals surface area contributed by atoms with Crippen LogP contribution in [0.2, 0.25) is 0 Å². The number of aliphatic hydroxyl groups is 11. The van der Waals surface area contributed by atoms with Crippen LogP contribution in [0, 0.1) is 0 Å². The van der Waals surface area contributed by atoms with Gasteiger partial charge in [0, 0.05) is 23.8 Å². The molecule has 4 aromatic rings. The Hall–Kier alpha value is -5.88. The van der Waals surface area contributed by atoms with Crippen molar-refractivity contribution in [2.45, 2.75) is 92.1 Å². The van der Waals surface area contributed by atoms with Crippen molar-refractivity contribution in [1.82, 2.24) is 0 Å². The van der Waals surface area contributed by atoms with Gasteiger partial charge in [0.25, 0.3) is 0 Å². The molecular formula is C44H50O25. The molecule has 3 aliphatic heterocycles. The summed E-state index contributed by atoms with van der Waals surface area (Å²) in [6.45, 7) is -2.25. The fraction of sp³-hybridized carbons (Fsp3) is 0.455. The molecule has 3 aliphatic rings. The molecule has 0 amide bonds. The van der Waals surface area contributed by atoms with E-state index in [1.54, 1.807) is 0 Å². The van der Waals surface area contributed by atoms with Gasteiger partial charge < -0.3 is 113 Å². The average molecular weight is 979 g/mol. The van der Waals surface area contributed by atoms with Gasteiger partial charge in [0.1, 0.15) is 108 Å². The monoisotopic (exact) mass is 978 g/mol. The van der Waals surface area contributed by atoms with Crippen LogP contribution in [0.15, 0.2) is 63.8 Å². The molecule has 25 heteroatoms. The molecular weight excluding hydrogens is 928 g/mol. The molecule has 0 unspecified atom stereocenters. The number of fused-ring (bicyclic) bond motifs is 1. The molecule has 1 aromatic heterocycles. The van der Waals surface area contributed by atoms with Gasteiger partial charge >= 0.3 is 5.97 Å². The Bertz CT molecular complexity index is 2480. The molecule has 0 spiro atoms. The second-order valence-electron chi connectivity index (χ2n) is 15.9. The molecule has 376 valence electrons. The van der Waals surface area contributed by atoms with E-state index in [1.807, 2.05) is 0 Å². The number of phenols is 2. The van der Waals surface area contributed by atoms with Crippen LogP contribution in [0.3, 0.4) is 0 Å². The number of hydrogen-bond donors (Lipinski definition) is 13. The predicted octanol–water partition coefficient (Wildman–Crippen LogP) is -3.31. The van der Waals surface area contributed by atoms with E-state index in [1.165, 1.54) is 56.7 Å². The Morgan fingerprint density at radius 1 is 0.623 bits per heavy atom. The molecule has 4 heterocycles. The van der Waals surface area contributed by atoms with Crippen LogP contribution in [0.1, 0.15) is 5.56 Å². The number of rotatable bonds is 15. The number of phenolic OH excluding ortho intramolecular Hbond substituents is 2. The van der Waals surface area contributed by atoms with Crippen LogP contribution in [0.5, 0.6) is 40.2 Å². The maximum atomic E-state index is 14.2. The van der Waals surface area contributed by atoms with E-state index >= 15 is 0 Å². The first-order chi connectivity index (χ1) is 32.9. The highest BCUT2D eigenvalue weighted by Crippen LogP contribution is 2.40. The Labute approximate surface area is 388 Å². The number of aliphatic hydroxyl groups excluding tert-OH is 11. The summed E-state index contributed by atoms with van der Waals surface area (Å²) in [7, 11) is 2.64. The summed E-state index contributed by atoms with van der Waals surface area (Å²) in [5.74, 6) is -3.37. The van der Waals surface area contributed by atoms with Crippen molar-refractivity contribution in [1.29, 1.82) is 0 Å². The third kappa shape index (κ3) is 10.5. The average Bonchev–Trinajstić information content (AvgIpc) is 3.34. The van der Waals surface area contributed by atoms with Gasteiger partial charge in [0.2, 0.25) is 35.8 Å². The molecule has 15 atom stereocenters. The molecule has 69 heavy (non-hydrogen) atoms. The number of carbonyl (C=O) groups excluding carboxylic acids is 1. The minimum atomic E-state index is -2.01. The summed E-state index contributed by atoms with van der Waals surface area (Å²) in [6.07, 6.45) is -23.9. The second kappa shape index (κ2) is 21.4. The van der Waals surface area contributed by atoms with Crippen LogP contribution < -0.4 is 29.1 Å². The first kappa shape index (κ1) is 51.0. The van der Waals surface area contributed by atoms with Crippen molar-refractivity contribution in [3.63, 3.8) is 0 Å². The van der Waals surface area contributed by atoms with Crippen molar-refractivity contribution in [2.75, 3.05) is 34.0 Å². The highest BCUT2D eigenvalue weighted by atomic mass is 16.7. The summed E-state index contributed by atoms with van der Waals surface area (Å²) >= 11 is 0. The lowest BCUT2D eigenvalue weighted by Crippen LogP contribution is -2.60. The topological polar surface area (TPSA) is 393 Å². The van der Waals surface area contributed by atoms with E-state index in [-0.39, 0.29) is 34.3 Å². The highest BCUT2D eigenvalue weighted by molar-refractivity contribution is 5.89. The highest BCUT2D eigenvalue weighted by Gasteiger charge is 2.48. The first-order valence-corrected chi connectivity index (χ1v) is 20.9. The number of esters is 1. The largest absolute Gasteiger partial charge is 0.507 e. The molecule has 0 radical (unpaired) electrons. The molecule has 3 saturated heterocycles. The summed E-state index contributed by atoms with van der Waals surface area (Å²) in [5, 5.41) is 135. The molecule has 0 aliphatic carbocycles. The zero-order valence-electron chi connectivity index (χ0n) is 36.3. The number of ether oxygens (including phenoxy) is 9. The summed E-state index contributed by atoms with van der Waals surface area (Å²) < 4.78 is 55.3. The molecule has 0 saturated carbocycles. The lowest BCUT2D eigenvalue weighted by molar-refractivity contribution is -0.278. The van der Waals surface area contributed by atoms with E-state index in [9.17, 15) is 76.0 Å². The van der Waals surface area contributed by atoms with Crippen LogP contribution >= 0.6 is 0 Å². The van der Waals surface area contributed by atoms with Gasteiger partial charge in [-0.15, -0.1) is 0 Å². The quantitative estimate of drug-likeness (QED) is 0.0410. The van der Waals surface area contributed by atoms with E-state index in [4.69, 9.17) is 47.0 Å². The van der Waals surface area contributed by atoms with E-state index < -0.39 is 152 Å². The van der Waals surface area contributed by atoms with Gasteiger partial charge in [0.15, 0.2) is 17.3 Å². The number of carbonyl (C=O) groups is 1. The minimum absolute atomic E-state index is 0.00305. The number of benzene rings is 3. The summed E-state index contributed by atoms with van der Waals surface area (Å²) in [4.78, 5) is 26.9. The maximum Gasteiger partial charge on any atom is 0.330 e. The molecule has 13 N–H and O–H groups in total. The summed E-state index contributed by atoms with van der Waals surface area (Å²) in [6, 6.07) is 9.95. The van der Waals surface area contributed by atoms with E-state index in [2.05, 4.69) is 0 Å². The van der Waals surface area contributed by atoms with Gasteiger partial charge in [-0.05, 0) is 48.0 Å². The van der Waals surface area contributed by atoms with Crippen molar-refractivity contribution in [3.05, 3.63) is 70.4 Å². The smallest absolute Gasteiger partial charge is 0.330 e. The van der Waals surface area contributed by atoms with E-state index in [0.717, 1.165) is 18.2 Å². The van der Waals surface area contributed by atoms with Crippen LogP contribution in [0.4, 0.5) is 0 Å². The normalized spacial score (nSPS) is 31.6. The Balaban J connectivity index is 1.14. The SMILES string of the molecule is COc1cc(C=CC(=O)OC[C@H]2O[C@@H](Oc3ccc(-c4oc5cc(O[C@@H]6O[C@H](CO)[C@@H](O)[C@H](O)[C@H]6O)cc(O)c5c(=O)c4O[C@@H]4O[C@H](CO)[C@@H](O)[C@H](O)[C@H]4O)cc3)[C@H](O)[C@@H](O)[C@@H]2O)cc(OC)c1O. The Morgan fingerprint density at radius 2 is 1.12 bits per heavy atom. The molecule has 7 rings (SSSR count). The van der Waals surface area contributed by atoms with E-state index in [0.29, 0.717) is 5.56 Å². The third-order valence-electron chi connectivity index (χ3n) is 11.4. The molecule has 3 aromatic carbocycles. The Morgan fingerprint density at radius 3 is 1.64 bits per heavy atom. The molecule has 3 fully saturated rings. The zero-order valence-corrected chi connectivity index (χ0v) is 36.3. The van der Waals surface area contributed by atoms with Crippen LogP contribution in [0.25, 0.3) is 28.4 Å². The standard InChI is InChI=1S/C44H50O25/c1-60-22-9-16(10-23(61-2)29(22)49)3-8-27(48)62-15-26-32(52)36(56)38(58)42(68-26)63-18-6-4-17(5-7-18)40-41(69-44-39(59)35(55)31(51)25(14-46)67-44)33(53)28-20(47)11-19(12-21(28)65-40)64-43-37(57)34(54)30(50)24(13-45)66-43/h3-12,24-26,30-32,34-39,42-47,49-52,54-59H,13-15H2,1-2H3/t24-,25-,26-,30-,31-,32-,34+,35+,36+,37-,38-,39-,42-,43-,44+/m1/s1. The minimum Gasteiger partial charge on any atom is -0.507 e. The zero-order chi connectivity index (χ0) is 50.0. The van der Waals surface area contributed by atoms with Crippen LogP contribution in [-0.4, -0.2) is 199 Å². The number of hydrogen-bond acceptors (Lipinski definition) is 25. The predicted molar refractivity (Wildman–Crippen MR) is 227 cm³/mol. The first-order valence-electron chi connectivity index (χ1n) is 20.9. The Kier molecular flexibility index (Phi) is 15.8. The van der Waals surface area contributed by atoms with Crippen molar-refractivity contribution >= 4 is 23.0 Å². The molecule has 0 bridgehead atoms. The van der Waals surface area contributed by atoms with Gasteiger partial charge in [-0.3, -0.25) is 4.79 Å². The van der Waals surface area contributed by atoms with Gasteiger partial charge in [0.05, 0.1) is 27.4 Å². The number of methoxy groups -OCH3 is 2. The lowest BCUT2D eigenvalue weighted by atomic mass is 9.99. The lowest BCUT2D eigenvalue weighted by Gasteiger charge is -2.39. The van der Waals surface area contributed by atoms with Gasteiger partial charge in [-0.2, -0.15) is 0 Å². The molecule has 25 nitrogen and oxygen atoms in total.